The van der Waals surface area contributed by atoms with Crippen molar-refractivity contribution in [3.63, 3.8) is 0 Å². The van der Waals surface area contributed by atoms with E-state index in [2.05, 4.69) is 10.3 Å². The van der Waals surface area contributed by atoms with Crippen molar-refractivity contribution in [2.75, 3.05) is 20.1 Å². The van der Waals surface area contributed by atoms with Crippen molar-refractivity contribution in [2.24, 2.45) is 0 Å². The lowest BCUT2D eigenvalue weighted by molar-refractivity contribution is -0.141. The first kappa shape index (κ1) is 19.9. The third-order valence-electron chi connectivity index (χ3n) is 3.20. The third-order valence-corrected chi connectivity index (χ3v) is 3.20. The normalized spacial score (nSPS) is 17.6. The van der Waals surface area contributed by atoms with Crippen LogP contribution in [0.25, 0.3) is 0 Å². The lowest BCUT2D eigenvalue weighted by atomic mass is 10.2. The summed E-state index contributed by atoms with van der Waals surface area (Å²) >= 11 is 0. The number of amides is 1. The summed E-state index contributed by atoms with van der Waals surface area (Å²) < 4.78 is 37.1. The van der Waals surface area contributed by atoms with Gasteiger partial charge in [0.1, 0.15) is 5.69 Å². The van der Waals surface area contributed by atoms with Crippen molar-refractivity contribution in [2.45, 2.75) is 18.6 Å². The molecule has 1 aliphatic heterocycles. The van der Waals surface area contributed by atoms with Crippen LogP contribution < -0.4 is 5.32 Å². The molecule has 0 aliphatic carbocycles. The van der Waals surface area contributed by atoms with E-state index in [1.54, 1.807) is 11.9 Å². The smallest absolute Gasteiger partial charge is 0.337 e. The Kier molecular flexibility index (Phi) is 7.43. The van der Waals surface area contributed by atoms with E-state index in [9.17, 15) is 18.0 Å². The van der Waals surface area contributed by atoms with E-state index in [0.29, 0.717) is 6.54 Å². The summed E-state index contributed by atoms with van der Waals surface area (Å²) in [6.45, 7) is 1.55. The molecule has 0 spiro atoms. The van der Waals surface area contributed by atoms with Crippen LogP contribution in [0.3, 0.4) is 0 Å². The molecule has 1 N–H and O–H groups in total. The van der Waals surface area contributed by atoms with Gasteiger partial charge >= 0.3 is 6.18 Å². The van der Waals surface area contributed by atoms with Gasteiger partial charge in [-0.3, -0.25) is 9.78 Å². The van der Waals surface area contributed by atoms with Gasteiger partial charge in [-0.2, -0.15) is 13.2 Å². The molecular formula is C12H16Cl2F3N3O. The Morgan fingerprint density at radius 2 is 2.05 bits per heavy atom. The van der Waals surface area contributed by atoms with Crippen molar-refractivity contribution in [3.8, 4) is 0 Å². The SMILES string of the molecule is CN(C(=O)c1ccc(C(F)(F)F)nc1)C1CCNC1.Cl.Cl. The Hall–Kier alpha value is -1.05. The van der Waals surface area contributed by atoms with Gasteiger partial charge < -0.3 is 10.2 Å². The summed E-state index contributed by atoms with van der Waals surface area (Å²) in [4.78, 5) is 16.9. The highest BCUT2D eigenvalue weighted by atomic mass is 35.5. The first-order chi connectivity index (χ1) is 8.89. The van der Waals surface area contributed by atoms with Crippen LogP contribution >= 0.6 is 24.8 Å². The number of carbonyl (C=O) groups excluding carboxylic acids is 1. The van der Waals surface area contributed by atoms with Gasteiger partial charge in [0.2, 0.25) is 0 Å². The number of nitrogens with zero attached hydrogens (tertiary/aromatic N) is 2. The molecule has 0 aromatic carbocycles. The van der Waals surface area contributed by atoms with Crippen LogP contribution in [0.5, 0.6) is 0 Å². The Morgan fingerprint density at radius 1 is 1.38 bits per heavy atom. The van der Waals surface area contributed by atoms with Gasteiger partial charge in [-0.25, -0.2) is 0 Å². The number of hydrogen-bond acceptors (Lipinski definition) is 3. The molecule has 0 bridgehead atoms. The van der Waals surface area contributed by atoms with Crippen LogP contribution in [0.4, 0.5) is 13.2 Å². The van der Waals surface area contributed by atoms with Crippen LogP contribution in [-0.2, 0) is 6.18 Å². The third kappa shape index (κ3) is 4.72. The first-order valence-electron chi connectivity index (χ1n) is 5.90. The van der Waals surface area contributed by atoms with Crippen LogP contribution in [0.1, 0.15) is 22.5 Å². The van der Waals surface area contributed by atoms with Gasteiger partial charge in [-0.1, -0.05) is 0 Å². The largest absolute Gasteiger partial charge is 0.433 e. The highest BCUT2D eigenvalue weighted by Crippen LogP contribution is 2.27. The number of carbonyl (C=O) groups is 1. The number of nitrogens with one attached hydrogen (secondary N) is 1. The van der Waals surface area contributed by atoms with Crippen molar-refractivity contribution >= 4 is 30.7 Å². The minimum Gasteiger partial charge on any atom is -0.337 e. The Morgan fingerprint density at radius 3 is 2.48 bits per heavy atom. The van der Waals surface area contributed by atoms with E-state index in [1.807, 2.05) is 0 Å². The van der Waals surface area contributed by atoms with E-state index in [4.69, 9.17) is 0 Å². The number of pyridine rings is 1. The molecule has 1 amide bonds. The van der Waals surface area contributed by atoms with E-state index in [1.165, 1.54) is 0 Å². The molecule has 1 fully saturated rings. The molecule has 2 heterocycles. The van der Waals surface area contributed by atoms with Gasteiger partial charge in [0.05, 0.1) is 5.56 Å². The summed E-state index contributed by atoms with van der Waals surface area (Å²) in [5.74, 6) is -0.310. The number of likely N-dealkylation sites (N-methyl/N-ethyl adjacent to an activating group) is 1. The number of aromatic nitrogens is 1. The van der Waals surface area contributed by atoms with Crippen molar-refractivity contribution in [3.05, 3.63) is 29.6 Å². The van der Waals surface area contributed by atoms with Crippen LogP contribution in [0, 0.1) is 0 Å². The van der Waals surface area contributed by atoms with E-state index >= 15 is 0 Å². The Bertz CT molecular complexity index is 462. The van der Waals surface area contributed by atoms with E-state index in [0.717, 1.165) is 31.3 Å². The average molecular weight is 346 g/mol. The maximum atomic E-state index is 12.4. The Balaban J connectivity index is 0.00000200. The minimum atomic E-state index is -4.48. The molecule has 9 heteroatoms. The second kappa shape index (κ2) is 7.82. The van der Waals surface area contributed by atoms with Crippen LogP contribution in [0.2, 0.25) is 0 Å². The highest BCUT2D eigenvalue weighted by Gasteiger charge is 2.32. The van der Waals surface area contributed by atoms with Gasteiger partial charge in [0.15, 0.2) is 0 Å². The Labute approximate surface area is 132 Å². The molecule has 21 heavy (non-hydrogen) atoms. The van der Waals surface area contributed by atoms with Crippen molar-refractivity contribution < 1.29 is 18.0 Å². The maximum Gasteiger partial charge on any atom is 0.433 e. The predicted octanol–water partition coefficient (Wildman–Crippen LogP) is 2.38. The zero-order valence-electron chi connectivity index (χ0n) is 11.2. The predicted molar refractivity (Wildman–Crippen MR) is 77.1 cm³/mol. The monoisotopic (exact) mass is 345 g/mol. The quantitative estimate of drug-likeness (QED) is 0.894. The van der Waals surface area contributed by atoms with E-state index in [-0.39, 0.29) is 42.3 Å². The zero-order valence-corrected chi connectivity index (χ0v) is 12.8. The average Bonchev–Trinajstić information content (AvgIpc) is 2.90. The molecular weight excluding hydrogens is 330 g/mol. The van der Waals surface area contributed by atoms with Gasteiger partial charge in [0, 0.05) is 25.8 Å². The fourth-order valence-electron chi connectivity index (χ4n) is 2.03. The molecule has 120 valence electrons. The molecule has 1 aromatic heterocycles. The molecule has 4 nitrogen and oxygen atoms in total. The summed E-state index contributed by atoms with van der Waals surface area (Å²) in [7, 11) is 1.65. The van der Waals surface area contributed by atoms with Gasteiger partial charge in [-0.05, 0) is 25.1 Å². The molecule has 0 saturated carbocycles. The molecule has 1 atom stereocenters. The number of halogens is 5. The first-order valence-corrected chi connectivity index (χ1v) is 5.90. The molecule has 0 radical (unpaired) electrons. The topological polar surface area (TPSA) is 45.2 Å². The number of rotatable bonds is 2. The molecule has 1 unspecified atom stereocenters. The van der Waals surface area contributed by atoms with Crippen LogP contribution in [-0.4, -0.2) is 42.0 Å². The minimum absolute atomic E-state index is 0. The zero-order chi connectivity index (χ0) is 14.0. The standard InChI is InChI=1S/C12H14F3N3O.2ClH/c1-18(9-4-5-16-7-9)11(19)8-2-3-10(17-6-8)12(13,14)15;;/h2-3,6,9,16H,4-5,7H2,1H3;2*1H. The summed E-state index contributed by atoms with van der Waals surface area (Å²) in [6, 6.07) is 2.07. The number of hydrogen-bond donors (Lipinski definition) is 1. The number of alkyl halides is 3. The summed E-state index contributed by atoms with van der Waals surface area (Å²) in [6.07, 6.45) is -2.66. The van der Waals surface area contributed by atoms with Gasteiger partial charge in [-0.15, -0.1) is 24.8 Å². The summed E-state index contributed by atoms with van der Waals surface area (Å²) in [5.41, 5.74) is -0.823. The molecule has 1 aliphatic rings. The van der Waals surface area contributed by atoms with Gasteiger partial charge in [0.25, 0.3) is 5.91 Å². The van der Waals surface area contributed by atoms with E-state index < -0.39 is 11.9 Å². The molecule has 1 aromatic rings. The second-order valence-electron chi connectivity index (χ2n) is 4.49. The maximum absolute atomic E-state index is 12.4. The second-order valence-corrected chi connectivity index (χ2v) is 4.49. The lowest BCUT2D eigenvalue weighted by Crippen LogP contribution is -2.38. The van der Waals surface area contributed by atoms with Crippen molar-refractivity contribution in [1.82, 2.24) is 15.2 Å². The summed E-state index contributed by atoms with van der Waals surface area (Å²) in [5, 5.41) is 3.13. The highest BCUT2D eigenvalue weighted by molar-refractivity contribution is 5.94. The molecule has 2 rings (SSSR count). The fraction of sp³-hybridized carbons (Fsp3) is 0.500. The van der Waals surface area contributed by atoms with Crippen molar-refractivity contribution in [1.29, 1.82) is 0 Å². The fourth-order valence-corrected chi connectivity index (χ4v) is 2.03. The van der Waals surface area contributed by atoms with Crippen LogP contribution in [0.15, 0.2) is 18.3 Å². The molecule has 1 saturated heterocycles. The lowest BCUT2D eigenvalue weighted by Gasteiger charge is -2.23.